The van der Waals surface area contributed by atoms with E-state index >= 15 is 0 Å². The molecule has 1 aliphatic rings. The van der Waals surface area contributed by atoms with E-state index in [9.17, 15) is 19.5 Å². The van der Waals surface area contributed by atoms with E-state index in [0.29, 0.717) is 19.3 Å². The van der Waals surface area contributed by atoms with Gasteiger partial charge in [-0.05, 0) is 57.7 Å². The van der Waals surface area contributed by atoms with Gasteiger partial charge in [-0.15, -0.1) is 0 Å². The van der Waals surface area contributed by atoms with Gasteiger partial charge < -0.3 is 19.9 Å². The SMILES string of the molecule is COc1ccc(CC(CNC(=O)C2(CC(=O)O)CCCC2)C(=O)OC(C)(C)C)cc1. The third-order valence-corrected chi connectivity index (χ3v) is 5.42. The maximum Gasteiger partial charge on any atom is 0.311 e. The highest BCUT2D eigenvalue weighted by Gasteiger charge is 2.43. The highest BCUT2D eigenvalue weighted by molar-refractivity contribution is 5.87. The second-order valence-corrected chi connectivity index (χ2v) is 9.05. The van der Waals surface area contributed by atoms with Crippen molar-refractivity contribution in [1.82, 2.24) is 5.32 Å². The maximum absolute atomic E-state index is 12.9. The summed E-state index contributed by atoms with van der Waals surface area (Å²) in [4.78, 5) is 37.0. The lowest BCUT2D eigenvalue weighted by atomic mass is 9.81. The first-order valence-corrected chi connectivity index (χ1v) is 10.4. The molecule has 1 unspecified atom stereocenters. The van der Waals surface area contributed by atoms with Crippen LogP contribution in [0.5, 0.6) is 5.75 Å². The number of ether oxygens (including phenoxy) is 2. The molecule has 7 nitrogen and oxygen atoms in total. The van der Waals surface area contributed by atoms with Crippen LogP contribution in [-0.2, 0) is 25.5 Å². The summed E-state index contributed by atoms with van der Waals surface area (Å²) in [5.41, 5.74) is -0.610. The fraction of sp³-hybridized carbons (Fsp3) is 0.609. The number of hydrogen-bond donors (Lipinski definition) is 2. The van der Waals surface area contributed by atoms with Crippen LogP contribution >= 0.6 is 0 Å². The molecule has 0 aromatic heterocycles. The second kappa shape index (κ2) is 9.96. The molecule has 0 heterocycles. The van der Waals surface area contributed by atoms with E-state index in [1.807, 2.05) is 24.3 Å². The lowest BCUT2D eigenvalue weighted by Gasteiger charge is -2.28. The van der Waals surface area contributed by atoms with Gasteiger partial charge in [-0.2, -0.15) is 0 Å². The fourth-order valence-electron chi connectivity index (χ4n) is 3.90. The molecular weight excluding hydrogens is 386 g/mol. The van der Waals surface area contributed by atoms with E-state index in [-0.39, 0.29) is 18.9 Å². The molecule has 0 aliphatic heterocycles. The lowest BCUT2D eigenvalue weighted by Crippen LogP contribution is -2.44. The van der Waals surface area contributed by atoms with Crippen molar-refractivity contribution in [3.8, 4) is 5.75 Å². The van der Waals surface area contributed by atoms with Gasteiger partial charge in [0.25, 0.3) is 0 Å². The molecule has 1 saturated carbocycles. The number of carbonyl (C=O) groups is 3. The Morgan fingerprint density at radius 2 is 1.73 bits per heavy atom. The molecule has 1 fully saturated rings. The van der Waals surface area contributed by atoms with Gasteiger partial charge >= 0.3 is 11.9 Å². The van der Waals surface area contributed by atoms with Crippen molar-refractivity contribution in [1.29, 1.82) is 0 Å². The molecular formula is C23H33NO6. The minimum Gasteiger partial charge on any atom is -0.497 e. The number of nitrogens with one attached hydrogen (secondary N) is 1. The van der Waals surface area contributed by atoms with Gasteiger partial charge in [0.1, 0.15) is 11.4 Å². The number of hydrogen-bond acceptors (Lipinski definition) is 5. The van der Waals surface area contributed by atoms with Gasteiger partial charge in [0.2, 0.25) is 5.91 Å². The summed E-state index contributed by atoms with van der Waals surface area (Å²) in [6, 6.07) is 7.39. The van der Waals surface area contributed by atoms with Crippen molar-refractivity contribution >= 4 is 17.8 Å². The van der Waals surface area contributed by atoms with Crippen LogP contribution in [0.1, 0.15) is 58.4 Å². The van der Waals surface area contributed by atoms with Gasteiger partial charge in [0, 0.05) is 6.54 Å². The number of methoxy groups -OCH3 is 1. The Balaban J connectivity index is 2.12. The van der Waals surface area contributed by atoms with Crippen molar-refractivity contribution in [2.24, 2.45) is 11.3 Å². The van der Waals surface area contributed by atoms with Crippen LogP contribution in [-0.4, -0.2) is 42.2 Å². The minimum absolute atomic E-state index is 0.0984. The Kier molecular flexibility index (Phi) is 7.87. The van der Waals surface area contributed by atoms with E-state index in [2.05, 4.69) is 5.32 Å². The first kappa shape index (κ1) is 23.7. The average Bonchev–Trinajstić information content (AvgIpc) is 3.12. The molecule has 0 bridgehead atoms. The standard InChI is InChI=1S/C23H33NO6/c1-22(2,3)30-20(27)17(13-16-7-9-18(29-4)10-8-16)15-24-21(28)23(14-19(25)26)11-5-6-12-23/h7-10,17H,5-6,11-15H2,1-4H3,(H,24,28)(H,25,26). The Bertz CT molecular complexity index is 744. The molecule has 0 saturated heterocycles. The fourth-order valence-corrected chi connectivity index (χ4v) is 3.90. The summed E-state index contributed by atoms with van der Waals surface area (Å²) in [5, 5.41) is 12.1. The molecule has 1 aliphatic carbocycles. The summed E-state index contributed by atoms with van der Waals surface area (Å²) in [6.45, 7) is 5.50. The maximum atomic E-state index is 12.9. The summed E-state index contributed by atoms with van der Waals surface area (Å²) in [5.74, 6) is -1.51. The van der Waals surface area contributed by atoms with Crippen LogP contribution in [0.25, 0.3) is 0 Å². The van der Waals surface area contributed by atoms with Gasteiger partial charge in [-0.25, -0.2) is 0 Å². The number of amides is 1. The Hall–Kier alpha value is -2.57. The summed E-state index contributed by atoms with van der Waals surface area (Å²) in [7, 11) is 1.59. The largest absolute Gasteiger partial charge is 0.497 e. The quantitative estimate of drug-likeness (QED) is 0.595. The van der Waals surface area contributed by atoms with Crippen LogP contribution in [0, 0.1) is 11.3 Å². The zero-order chi connectivity index (χ0) is 22.4. The molecule has 1 aromatic carbocycles. The number of benzene rings is 1. The van der Waals surface area contributed by atoms with Crippen molar-refractivity contribution in [3.63, 3.8) is 0 Å². The van der Waals surface area contributed by atoms with Crippen molar-refractivity contribution < 1.29 is 29.0 Å². The topological polar surface area (TPSA) is 102 Å². The van der Waals surface area contributed by atoms with Crippen LogP contribution in [0.4, 0.5) is 0 Å². The minimum atomic E-state index is -0.978. The van der Waals surface area contributed by atoms with E-state index in [1.54, 1.807) is 27.9 Å². The molecule has 1 atom stereocenters. The monoisotopic (exact) mass is 419 g/mol. The number of esters is 1. The molecule has 0 spiro atoms. The number of carboxylic acids is 1. The second-order valence-electron chi connectivity index (χ2n) is 9.05. The van der Waals surface area contributed by atoms with E-state index < -0.39 is 28.9 Å². The molecule has 2 rings (SSSR count). The summed E-state index contributed by atoms with van der Waals surface area (Å²) in [6.07, 6.45) is 2.99. The smallest absolute Gasteiger partial charge is 0.311 e. The first-order valence-electron chi connectivity index (χ1n) is 10.4. The predicted octanol–water partition coefficient (Wildman–Crippen LogP) is 3.35. The van der Waals surface area contributed by atoms with Crippen LogP contribution in [0.3, 0.4) is 0 Å². The van der Waals surface area contributed by atoms with Gasteiger partial charge in [0.15, 0.2) is 0 Å². The zero-order valence-corrected chi connectivity index (χ0v) is 18.3. The highest BCUT2D eigenvalue weighted by Crippen LogP contribution is 2.41. The Morgan fingerprint density at radius 1 is 1.13 bits per heavy atom. The summed E-state index contributed by atoms with van der Waals surface area (Å²) < 4.78 is 10.7. The van der Waals surface area contributed by atoms with E-state index in [1.165, 1.54) is 0 Å². The Labute approximate surface area is 178 Å². The first-order chi connectivity index (χ1) is 14.0. The molecule has 30 heavy (non-hydrogen) atoms. The number of carbonyl (C=O) groups excluding carboxylic acids is 2. The molecule has 1 amide bonds. The van der Waals surface area contributed by atoms with Gasteiger partial charge in [-0.3, -0.25) is 14.4 Å². The molecule has 7 heteroatoms. The normalized spacial score (nSPS) is 16.5. The Morgan fingerprint density at radius 3 is 2.23 bits per heavy atom. The number of aliphatic carboxylic acids is 1. The molecule has 2 N–H and O–H groups in total. The lowest BCUT2D eigenvalue weighted by molar-refractivity contribution is -0.160. The molecule has 1 aromatic rings. The van der Waals surface area contributed by atoms with E-state index in [0.717, 1.165) is 24.2 Å². The average molecular weight is 420 g/mol. The van der Waals surface area contributed by atoms with Crippen molar-refractivity contribution in [3.05, 3.63) is 29.8 Å². The summed E-state index contributed by atoms with van der Waals surface area (Å²) >= 11 is 0. The molecule has 0 radical (unpaired) electrons. The third kappa shape index (κ3) is 6.75. The van der Waals surface area contributed by atoms with Crippen LogP contribution < -0.4 is 10.1 Å². The zero-order valence-electron chi connectivity index (χ0n) is 18.3. The number of carboxylic acid groups (broad SMARTS) is 1. The van der Waals surface area contributed by atoms with E-state index in [4.69, 9.17) is 9.47 Å². The van der Waals surface area contributed by atoms with Gasteiger partial charge in [-0.1, -0.05) is 25.0 Å². The predicted molar refractivity (Wildman–Crippen MR) is 112 cm³/mol. The van der Waals surface area contributed by atoms with Gasteiger partial charge in [0.05, 0.1) is 24.9 Å². The van der Waals surface area contributed by atoms with Crippen molar-refractivity contribution in [2.75, 3.05) is 13.7 Å². The molecule has 166 valence electrons. The van der Waals surface area contributed by atoms with Crippen molar-refractivity contribution in [2.45, 2.75) is 64.9 Å². The number of rotatable bonds is 9. The van der Waals surface area contributed by atoms with Crippen LogP contribution in [0.15, 0.2) is 24.3 Å². The highest BCUT2D eigenvalue weighted by atomic mass is 16.6. The third-order valence-electron chi connectivity index (χ3n) is 5.42. The van der Waals surface area contributed by atoms with Crippen LogP contribution in [0.2, 0.25) is 0 Å².